The van der Waals surface area contributed by atoms with Crippen molar-refractivity contribution in [3.8, 4) is 0 Å². The lowest BCUT2D eigenvalue weighted by atomic mass is 10.00. The summed E-state index contributed by atoms with van der Waals surface area (Å²) in [4.78, 5) is 10.2. The third-order valence-corrected chi connectivity index (χ3v) is 1.48. The highest BCUT2D eigenvalue weighted by molar-refractivity contribution is 5.73. The van der Waals surface area contributed by atoms with Crippen LogP contribution in [-0.4, -0.2) is 28.8 Å². The van der Waals surface area contributed by atoms with Gasteiger partial charge in [0, 0.05) is 6.61 Å². The number of carboxylic acid groups (broad SMARTS) is 1. The molecule has 2 atom stereocenters. The number of carboxylic acids is 1. The number of aliphatic hydroxyl groups excluding tert-OH is 1. The first kappa shape index (κ1) is 9.39. The average molecular weight is 147 g/mol. The van der Waals surface area contributed by atoms with Crippen molar-refractivity contribution in [3.63, 3.8) is 0 Å². The van der Waals surface area contributed by atoms with Gasteiger partial charge in [-0.15, -0.1) is 0 Å². The lowest BCUT2D eigenvalue weighted by molar-refractivity contribution is -0.139. The number of rotatable bonds is 4. The lowest BCUT2D eigenvalue weighted by Crippen LogP contribution is -2.36. The Kier molecular flexibility index (Phi) is 3.99. The Morgan fingerprint density at radius 2 is 2.20 bits per heavy atom. The van der Waals surface area contributed by atoms with Crippen LogP contribution >= 0.6 is 0 Å². The first-order valence-electron chi connectivity index (χ1n) is 3.18. The van der Waals surface area contributed by atoms with E-state index in [0.29, 0.717) is 6.42 Å². The second kappa shape index (κ2) is 4.24. The summed E-state index contributed by atoms with van der Waals surface area (Å²) in [5, 5.41) is 16.8. The van der Waals surface area contributed by atoms with Crippen molar-refractivity contribution < 1.29 is 15.0 Å². The predicted molar refractivity (Wildman–Crippen MR) is 36.5 cm³/mol. The summed E-state index contributed by atoms with van der Waals surface area (Å²) in [5.41, 5.74) is 5.24. The van der Waals surface area contributed by atoms with Crippen LogP contribution in [0.15, 0.2) is 0 Å². The molecule has 0 fully saturated rings. The minimum atomic E-state index is -1.01. The Morgan fingerprint density at radius 1 is 1.70 bits per heavy atom. The topological polar surface area (TPSA) is 83.5 Å². The Bertz CT molecular complexity index is 116. The molecule has 1 unspecified atom stereocenters. The van der Waals surface area contributed by atoms with Gasteiger partial charge in [0.1, 0.15) is 6.04 Å². The van der Waals surface area contributed by atoms with E-state index in [-0.39, 0.29) is 12.5 Å². The van der Waals surface area contributed by atoms with Crippen LogP contribution in [0.3, 0.4) is 0 Å². The van der Waals surface area contributed by atoms with Crippen molar-refractivity contribution in [1.82, 2.24) is 0 Å². The van der Waals surface area contributed by atoms with Crippen molar-refractivity contribution in [1.29, 1.82) is 0 Å². The highest BCUT2D eigenvalue weighted by atomic mass is 16.4. The smallest absolute Gasteiger partial charge is 0.320 e. The molecule has 4 N–H and O–H groups in total. The van der Waals surface area contributed by atoms with Crippen LogP contribution in [0.4, 0.5) is 0 Å². The van der Waals surface area contributed by atoms with Crippen LogP contribution in [0.5, 0.6) is 0 Å². The van der Waals surface area contributed by atoms with Crippen molar-refractivity contribution in [2.24, 2.45) is 11.7 Å². The third kappa shape index (κ3) is 2.80. The van der Waals surface area contributed by atoms with Gasteiger partial charge in [0.05, 0.1) is 0 Å². The zero-order valence-corrected chi connectivity index (χ0v) is 5.95. The van der Waals surface area contributed by atoms with Gasteiger partial charge in [0.25, 0.3) is 0 Å². The number of aliphatic carboxylic acids is 1. The van der Waals surface area contributed by atoms with E-state index in [0.717, 1.165) is 0 Å². The second-order valence-electron chi connectivity index (χ2n) is 2.35. The maximum atomic E-state index is 10.2. The maximum absolute atomic E-state index is 10.2. The summed E-state index contributed by atoms with van der Waals surface area (Å²) < 4.78 is 0. The predicted octanol–water partition coefficient (Wildman–Crippen LogP) is -0.583. The Balaban J connectivity index is 3.69. The summed E-state index contributed by atoms with van der Waals surface area (Å²) in [6.45, 7) is 1.69. The first-order valence-corrected chi connectivity index (χ1v) is 3.18. The highest BCUT2D eigenvalue weighted by Crippen LogP contribution is 2.04. The van der Waals surface area contributed by atoms with Crippen LogP contribution in [0.2, 0.25) is 0 Å². The zero-order chi connectivity index (χ0) is 8.15. The normalized spacial score (nSPS) is 16.3. The summed E-state index contributed by atoms with van der Waals surface area (Å²) in [6.07, 6.45) is 0.438. The molecule has 60 valence electrons. The standard InChI is InChI=1S/C6H13NO3/c1-4(2-3-8)5(7)6(9)10/h4-5,8H,2-3,7H2,1H3,(H,9,10)/t4?,5-/m0/s1. The van der Waals surface area contributed by atoms with Gasteiger partial charge in [0.2, 0.25) is 0 Å². The Morgan fingerprint density at radius 3 is 2.50 bits per heavy atom. The molecule has 4 nitrogen and oxygen atoms in total. The molecule has 10 heavy (non-hydrogen) atoms. The van der Waals surface area contributed by atoms with E-state index in [1.54, 1.807) is 6.92 Å². The quantitative estimate of drug-likeness (QED) is 0.496. The van der Waals surface area contributed by atoms with Crippen LogP contribution in [-0.2, 0) is 4.79 Å². The molecule has 0 bridgehead atoms. The lowest BCUT2D eigenvalue weighted by Gasteiger charge is -2.13. The summed E-state index contributed by atoms with van der Waals surface area (Å²) in [5.74, 6) is -1.18. The van der Waals surface area contributed by atoms with Gasteiger partial charge in [-0.25, -0.2) is 0 Å². The van der Waals surface area contributed by atoms with Crippen molar-refractivity contribution in [2.75, 3.05) is 6.61 Å². The first-order chi connectivity index (χ1) is 4.59. The van der Waals surface area contributed by atoms with E-state index in [1.807, 2.05) is 0 Å². The minimum Gasteiger partial charge on any atom is -0.480 e. The molecule has 0 saturated carbocycles. The minimum absolute atomic E-state index is 0.0118. The fourth-order valence-corrected chi connectivity index (χ4v) is 0.627. The number of hydrogen-bond acceptors (Lipinski definition) is 3. The molecule has 0 aromatic heterocycles. The van der Waals surface area contributed by atoms with E-state index in [4.69, 9.17) is 15.9 Å². The molecule has 0 radical (unpaired) electrons. The summed E-state index contributed by atoms with van der Waals surface area (Å²) in [6, 6.07) is -0.854. The van der Waals surface area contributed by atoms with E-state index < -0.39 is 12.0 Å². The summed E-state index contributed by atoms with van der Waals surface area (Å²) in [7, 11) is 0. The fraction of sp³-hybridized carbons (Fsp3) is 0.833. The van der Waals surface area contributed by atoms with E-state index in [2.05, 4.69) is 0 Å². The van der Waals surface area contributed by atoms with Gasteiger partial charge in [-0.05, 0) is 12.3 Å². The largest absolute Gasteiger partial charge is 0.480 e. The summed E-state index contributed by atoms with van der Waals surface area (Å²) >= 11 is 0. The van der Waals surface area contributed by atoms with Gasteiger partial charge in [0.15, 0.2) is 0 Å². The van der Waals surface area contributed by atoms with Gasteiger partial charge in [-0.1, -0.05) is 6.92 Å². The molecule has 4 heteroatoms. The second-order valence-corrected chi connectivity index (χ2v) is 2.35. The molecular weight excluding hydrogens is 134 g/mol. The Labute approximate surface area is 59.7 Å². The number of aliphatic hydroxyl groups is 1. The van der Waals surface area contributed by atoms with E-state index >= 15 is 0 Å². The molecule has 0 aromatic carbocycles. The molecule has 0 heterocycles. The van der Waals surface area contributed by atoms with Crippen LogP contribution in [0, 0.1) is 5.92 Å². The zero-order valence-electron chi connectivity index (χ0n) is 5.95. The van der Waals surface area contributed by atoms with E-state index in [9.17, 15) is 4.79 Å². The molecular formula is C6H13NO3. The van der Waals surface area contributed by atoms with Crippen molar-refractivity contribution >= 4 is 5.97 Å². The fourth-order valence-electron chi connectivity index (χ4n) is 0.627. The average Bonchev–Trinajstić information content (AvgIpc) is 1.87. The molecule has 0 aromatic rings. The molecule has 0 aliphatic carbocycles. The van der Waals surface area contributed by atoms with Crippen molar-refractivity contribution in [3.05, 3.63) is 0 Å². The molecule has 0 spiro atoms. The van der Waals surface area contributed by atoms with Crippen molar-refractivity contribution in [2.45, 2.75) is 19.4 Å². The molecule has 0 amide bonds. The number of carbonyl (C=O) groups is 1. The van der Waals surface area contributed by atoms with Gasteiger partial charge in [-0.3, -0.25) is 4.79 Å². The molecule has 0 aliphatic heterocycles. The highest BCUT2D eigenvalue weighted by Gasteiger charge is 2.18. The maximum Gasteiger partial charge on any atom is 0.320 e. The van der Waals surface area contributed by atoms with Gasteiger partial charge < -0.3 is 15.9 Å². The molecule has 0 aliphatic rings. The SMILES string of the molecule is CC(CCO)[C@H](N)C(=O)O. The number of hydrogen-bond donors (Lipinski definition) is 3. The van der Waals surface area contributed by atoms with Gasteiger partial charge in [-0.2, -0.15) is 0 Å². The van der Waals surface area contributed by atoms with Crippen LogP contribution < -0.4 is 5.73 Å². The van der Waals surface area contributed by atoms with Gasteiger partial charge >= 0.3 is 5.97 Å². The van der Waals surface area contributed by atoms with Crippen LogP contribution in [0.1, 0.15) is 13.3 Å². The number of nitrogens with two attached hydrogens (primary N) is 1. The molecule has 0 rings (SSSR count). The monoisotopic (exact) mass is 147 g/mol. The molecule has 0 saturated heterocycles. The third-order valence-electron chi connectivity index (χ3n) is 1.48. The Hall–Kier alpha value is -0.610. The van der Waals surface area contributed by atoms with E-state index in [1.165, 1.54) is 0 Å². The van der Waals surface area contributed by atoms with Crippen LogP contribution in [0.25, 0.3) is 0 Å².